The Bertz CT molecular complexity index is 1230. The van der Waals surface area contributed by atoms with E-state index in [-0.39, 0.29) is 11.7 Å². The summed E-state index contributed by atoms with van der Waals surface area (Å²) in [6, 6.07) is 15.9. The predicted octanol–water partition coefficient (Wildman–Crippen LogP) is 4.62. The summed E-state index contributed by atoms with van der Waals surface area (Å²) in [6.45, 7) is 5.12. The minimum Gasteiger partial charge on any atom is -0.378 e. The van der Waals surface area contributed by atoms with E-state index in [9.17, 15) is 9.18 Å². The number of anilines is 2. The number of amides is 1. The number of carbonyl (C=O) groups excluding carboxylic acids is 1. The molecule has 0 bridgehead atoms. The van der Waals surface area contributed by atoms with Gasteiger partial charge in [-0.2, -0.15) is 5.10 Å². The molecular weight excluding hydrogens is 415 g/mol. The number of fused-ring (bicyclic) bond motifs is 1. The van der Waals surface area contributed by atoms with Crippen LogP contribution in [0.3, 0.4) is 0 Å². The van der Waals surface area contributed by atoms with Gasteiger partial charge in [0.2, 0.25) is 0 Å². The number of nitrogens with one attached hydrogen (secondary N) is 1. The van der Waals surface area contributed by atoms with Gasteiger partial charge in [-0.15, -0.1) is 11.3 Å². The average Bonchev–Trinajstić information content (AvgIpc) is 3.36. The van der Waals surface area contributed by atoms with Crippen LogP contribution in [0.25, 0.3) is 15.9 Å². The van der Waals surface area contributed by atoms with Crippen LogP contribution in [0, 0.1) is 12.7 Å². The van der Waals surface area contributed by atoms with Crippen molar-refractivity contribution in [2.75, 3.05) is 36.5 Å². The summed E-state index contributed by atoms with van der Waals surface area (Å²) >= 11 is 1.37. The summed E-state index contributed by atoms with van der Waals surface area (Å²) in [4.78, 5) is 16.6. The molecular formula is C23H21FN4O2S. The molecule has 6 nitrogen and oxygen atoms in total. The Kier molecular flexibility index (Phi) is 5.17. The van der Waals surface area contributed by atoms with Crippen molar-refractivity contribution >= 4 is 38.8 Å². The largest absolute Gasteiger partial charge is 0.378 e. The van der Waals surface area contributed by atoms with Gasteiger partial charge in [-0.25, -0.2) is 9.07 Å². The molecule has 1 aliphatic heterocycles. The number of rotatable bonds is 4. The lowest BCUT2D eigenvalue weighted by atomic mass is 10.2. The van der Waals surface area contributed by atoms with Gasteiger partial charge in [-0.1, -0.05) is 0 Å². The van der Waals surface area contributed by atoms with E-state index >= 15 is 0 Å². The molecule has 8 heteroatoms. The Morgan fingerprint density at radius 2 is 1.74 bits per heavy atom. The minimum absolute atomic E-state index is 0.162. The summed E-state index contributed by atoms with van der Waals surface area (Å²) < 4.78 is 20.4. The molecule has 1 N–H and O–H groups in total. The quantitative estimate of drug-likeness (QED) is 0.507. The van der Waals surface area contributed by atoms with Crippen LogP contribution in [-0.4, -0.2) is 42.0 Å². The lowest BCUT2D eigenvalue weighted by Gasteiger charge is -2.28. The molecule has 2 aromatic carbocycles. The second-order valence-electron chi connectivity index (χ2n) is 7.40. The fourth-order valence-electron chi connectivity index (χ4n) is 3.69. The van der Waals surface area contributed by atoms with Crippen LogP contribution >= 0.6 is 11.3 Å². The number of morpholine rings is 1. The fourth-order valence-corrected chi connectivity index (χ4v) is 4.76. The van der Waals surface area contributed by atoms with Gasteiger partial charge in [0.15, 0.2) is 0 Å². The molecule has 158 valence electrons. The Morgan fingerprint density at radius 1 is 1.06 bits per heavy atom. The number of aromatic nitrogens is 2. The van der Waals surface area contributed by atoms with E-state index in [4.69, 9.17) is 4.74 Å². The van der Waals surface area contributed by atoms with Crippen LogP contribution in [0.2, 0.25) is 0 Å². The number of hydrogen-bond acceptors (Lipinski definition) is 5. The van der Waals surface area contributed by atoms with E-state index in [2.05, 4.69) is 15.3 Å². The van der Waals surface area contributed by atoms with E-state index in [0.717, 1.165) is 59.3 Å². The lowest BCUT2D eigenvalue weighted by Crippen LogP contribution is -2.36. The third-order valence-corrected chi connectivity index (χ3v) is 6.45. The first-order valence-electron chi connectivity index (χ1n) is 10.1. The Labute approximate surface area is 182 Å². The van der Waals surface area contributed by atoms with Crippen LogP contribution < -0.4 is 10.2 Å². The van der Waals surface area contributed by atoms with Crippen molar-refractivity contribution in [2.24, 2.45) is 0 Å². The zero-order valence-corrected chi connectivity index (χ0v) is 17.8. The topological polar surface area (TPSA) is 59.4 Å². The summed E-state index contributed by atoms with van der Waals surface area (Å²) in [6.07, 6.45) is 0. The normalized spacial score (nSPS) is 14.2. The minimum atomic E-state index is -0.297. The molecule has 1 fully saturated rings. The van der Waals surface area contributed by atoms with E-state index in [1.54, 1.807) is 16.8 Å². The molecule has 0 spiro atoms. The molecule has 2 aromatic heterocycles. The van der Waals surface area contributed by atoms with Crippen molar-refractivity contribution in [3.63, 3.8) is 0 Å². The van der Waals surface area contributed by atoms with Crippen molar-refractivity contribution in [3.05, 3.63) is 71.0 Å². The van der Waals surface area contributed by atoms with Gasteiger partial charge >= 0.3 is 0 Å². The molecule has 0 saturated carbocycles. The number of halogens is 1. The van der Waals surface area contributed by atoms with Crippen molar-refractivity contribution in [3.8, 4) is 5.69 Å². The highest BCUT2D eigenvalue weighted by Gasteiger charge is 2.18. The predicted molar refractivity (Wildman–Crippen MR) is 121 cm³/mol. The maximum absolute atomic E-state index is 13.3. The maximum atomic E-state index is 13.3. The monoisotopic (exact) mass is 436 g/mol. The van der Waals surface area contributed by atoms with Crippen molar-refractivity contribution in [1.82, 2.24) is 9.78 Å². The summed E-state index contributed by atoms with van der Waals surface area (Å²) in [5.74, 6) is -0.458. The van der Waals surface area contributed by atoms with Crippen LogP contribution in [0.5, 0.6) is 0 Å². The third kappa shape index (κ3) is 3.92. The van der Waals surface area contributed by atoms with Gasteiger partial charge < -0.3 is 15.0 Å². The third-order valence-electron chi connectivity index (χ3n) is 5.34. The van der Waals surface area contributed by atoms with Crippen molar-refractivity contribution in [1.29, 1.82) is 0 Å². The first-order chi connectivity index (χ1) is 15.1. The maximum Gasteiger partial charge on any atom is 0.265 e. The number of benzene rings is 2. The highest BCUT2D eigenvalue weighted by molar-refractivity contribution is 7.20. The first kappa shape index (κ1) is 19.7. The lowest BCUT2D eigenvalue weighted by molar-refractivity contribution is 0.103. The van der Waals surface area contributed by atoms with Crippen molar-refractivity contribution in [2.45, 2.75) is 6.92 Å². The van der Waals surface area contributed by atoms with Gasteiger partial charge in [0.25, 0.3) is 5.91 Å². The molecule has 0 radical (unpaired) electrons. The molecule has 3 heterocycles. The summed E-state index contributed by atoms with van der Waals surface area (Å²) in [5, 5.41) is 8.44. The first-order valence-corrected chi connectivity index (χ1v) is 10.9. The zero-order chi connectivity index (χ0) is 21.4. The number of aryl methyl sites for hydroxylation is 1. The molecule has 0 atom stereocenters. The van der Waals surface area contributed by atoms with Crippen LogP contribution in [-0.2, 0) is 4.74 Å². The van der Waals surface area contributed by atoms with Gasteiger partial charge in [0, 0.05) is 29.9 Å². The molecule has 31 heavy (non-hydrogen) atoms. The van der Waals surface area contributed by atoms with Crippen LogP contribution in [0.15, 0.2) is 54.6 Å². The van der Waals surface area contributed by atoms with Crippen LogP contribution in [0.1, 0.15) is 15.4 Å². The molecule has 1 aliphatic rings. The number of hydrogen-bond donors (Lipinski definition) is 1. The van der Waals surface area contributed by atoms with E-state index < -0.39 is 0 Å². The van der Waals surface area contributed by atoms with Gasteiger partial charge in [-0.05, 0) is 61.5 Å². The average molecular weight is 437 g/mol. The molecule has 4 aromatic rings. The second kappa shape index (κ2) is 8.13. The van der Waals surface area contributed by atoms with E-state index in [0.29, 0.717) is 4.88 Å². The fraction of sp³-hybridized carbons (Fsp3) is 0.217. The molecule has 5 rings (SSSR count). The zero-order valence-electron chi connectivity index (χ0n) is 17.0. The molecule has 1 saturated heterocycles. The standard InChI is InChI=1S/C23H21FN4O2S/c1-15-20-14-21(31-23(20)28(26-15)19-6-2-16(24)3-7-19)22(29)25-17-4-8-18(9-5-17)27-10-12-30-13-11-27/h2-9,14H,10-13H2,1H3,(H,25,29). The van der Waals surface area contributed by atoms with Gasteiger partial charge in [-0.3, -0.25) is 4.79 Å². The molecule has 0 unspecified atom stereocenters. The smallest absolute Gasteiger partial charge is 0.265 e. The Balaban J connectivity index is 1.36. The summed E-state index contributed by atoms with van der Waals surface area (Å²) in [7, 11) is 0. The van der Waals surface area contributed by atoms with Crippen molar-refractivity contribution < 1.29 is 13.9 Å². The van der Waals surface area contributed by atoms with E-state index in [1.807, 2.05) is 37.3 Å². The molecule has 0 aliphatic carbocycles. The highest BCUT2D eigenvalue weighted by Crippen LogP contribution is 2.31. The van der Waals surface area contributed by atoms with Gasteiger partial charge in [0.05, 0.1) is 29.5 Å². The Hall–Kier alpha value is -3.23. The van der Waals surface area contributed by atoms with Crippen LogP contribution in [0.4, 0.5) is 15.8 Å². The number of ether oxygens (including phenoxy) is 1. The number of nitrogens with zero attached hydrogens (tertiary/aromatic N) is 3. The second-order valence-corrected chi connectivity index (χ2v) is 8.43. The molecule has 1 amide bonds. The highest BCUT2D eigenvalue weighted by atomic mass is 32.1. The SMILES string of the molecule is Cc1nn(-c2ccc(F)cc2)c2sc(C(=O)Nc3ccc(N4CCOCC4)cc3)cc12. The number of carbonyl (C=O) groups is 1. The number of thiophene rings is 1. The van der Waals surface area contributed by atoms with E-state index in [1.165, 1.54) is 23.5 Å². The summed E-state index contributed by atoms with van der Waals surface area (Å²) in [5.41, 5.74) is 3.45. The Morgan fingerprint density at radius 3 is 2.45 bits per heavy atom. The van der Waals surface area contributed by atoms with Gasteiger partial charge in [0.1, 0.15) is 10.6 Å².